The van der Waals surface area contributed by atoms with Crippen molar-refractivity contribution in [2.45, 2.75) is 19.1 Å². The van der Waals surface area contributed by atoms with E-state index in [9.17, 15) is 27.5 Å². The Labute approximate surface area is 140 Å². The number of aromatic carboxylic acids is 1. The Hall–Kier alpha value is -2.83. The predicted octanol–water partition coefficient (Wildman–Crippen LogP) is 4.63. The normalized spacial score (nSPS) is 11.8. The first-order chi connectivity index (χ1) is 11.7. The van der Waals surface area contributed by atoms with Gasteiger partial charge in [0.25, 0.3) is 0 Å². The monoisotopic (exact) mass is 351 g/mol. The van der Waals surface area contributed by atoms with Gasteiger partial charge < -0.3 is 9.67 Å². The topological polar surface area (TPSA) is 42.2 Å². The molecule has 0 saturated heterocycles. The molecule has 0 fully saturated rings. The number of hydrogen-bond acceptors (Lipinski definition) is 1. The number of fused-ring (bicyclic) bond motifs is 1. The molecule has 3 nitrogen and oxygen atoms in total. The molecule has 25 heavy (non-hydrogen) atoms. The summed E-state index contributed by atoms with van der Waals surface area (Å²) in [7, 11) is 0. The Balaban J connectivity index is 1.93. The van der Waals surface area contributed by atoms with Crippen molar-refractivity contribution < 1.29 is 27.5 Å². The molecule has 0 amide bonds. The van der Waals surface area contributed by atoms with Gasteiger partial charge in [-0.1, -0.05) is 24.3 Å². The van der Waals surface area contributed by atoms with E-state index in [1.807, 2.05) is 0 Å². The molecule has 3 rings (SSSR count). The number of aromatic nitrogens is 1. The molecule has 7 heteroatoms. The number of halogens is 4. The van der Waals surface area contributed by atoms with Crippen molar-refractivity contribution in [3.05, 3.63) is 71.2 Å². The first-order valence-electron chi connectivity index (χ1n) is 7.40. The van der Waals surface area contributed by atoms with Crippen LogP contribution in [0.25, 0.3) is 10.9 Å². The molecule has 0 spiro atoms. The third-order valence-electron chi connectivity index (χ3n) is 3.88. The minimum Gasteiger partial charge on any atom is -0.478 e. The largest absolute Gasteiger partial charge is 0.478 e. The molecular weight excluding hydrogens is 338 g/mol. The Morgan fingerprint density at radius 1 is 1.00 bits per heavy atom. The van der Waals surface area contributed by atoms with Crippen molar-refractivity contribution in [3.63, 3.8) is 0 Å². The highest BCUT2D eigenvalue weighted by atomic mass is 19.4. The number of carboxylic acid groups (broad SMARTS) is 1. The maximum Gasteiger partial charge on any atom is 0.393 e. The molecule has 0 bridgehead atoms. The zero-order valence-electron chi connectivity index (χ0n) is 12.8. The Bertz CT molecular complexity index is 927. The Morgan fingerprint density at radius 2 is 1.64 bits per heavy atom. The second kappa shape index (κ2) is 6.23. The molecule has 130 valence electrons. The lowest BCUT2D eigenvalue weighted by Gasteiger charge is -2.10. The number of hydrogen-bond donors (Lipinski definition) is 1. The van der Waals surface area contributed by atoms with Crippen molar-refractivity contribution >= 4 is 16.9 Å². The van der Waals surface area contributed by atoms with Crippen LogP contribution in [0.1, 0.15) is 21.5 Å². The summed E-state index contributed by atoms with van der Waals surface area (Å²) in [4.78, 5) is 11.4. The molecule has 1 aromatic heterocycles. The minimum atomic E-state index is -4.27. The average molecular weight is 351 g/mol. The second-order valence-electron chi connectivity index (χ2n) is 5.71. The van der Waals surface area contributed by atoms with Crippen LogP contribution in [-0.4, -0.2) is 21.8 Å². The van der Waals surface area contributed by atoms with Gasteiger partial charge in [-0.05, 0) is 29.3 Å². The third-order valence-corrected chi connectivity index (χ3v) is 3.88. The lowest BCUT2D eigenvalue weighted by atomic mass is 10.1. The first kappa shape index (κ1) is 17.0. The third kappa shape index (κ3) is 3.65. The molecule has 1 heterocycles. The van der Waals surface area contributed by atoms with Gasteiger partial charge in [0, 0.05) is 18.1 Å². The van der Waals surface area contributed by atoms with E-state index < -0.39 is 24.4 Å². The van der Waals surface area contributed by atoms with Gasteiger partial charge in [0.05, 0.1) is 17.5 Å². The number of benzene rings is 2. The average Bonchev–Trinajstić information content (AvgIpc) is 2.93. The van der Waals surface area contributed by atoms with E-state index in [1.54, 1.807) is 22.9 Å². The van der Waals surface area contributed by atoms with E-state index >= 15 is 0 Å². The standard InChI is InChI=1S/C18H13F4NO2/c19-15-6-5-14(17(24)25)16-13(15)7-8-23(16)10-12-3-1-11(2-4-12)9-18(20,21)22/h1-8H,9-10H2,(H,24,25). The van der Waals surface area contributed by atoms with Crippen molar-refractivity contribution in [1.82, 2.24) is 4.57 Å². The molecule has 0 aliphatic carbocycles. The molecule has 1 N–H and O–H groups in total. The second-order valence-corrected chi connectivity index (χ2v) is 5.71. The summed E-state index contributed by atoms with van der Waals surface area (Å²) in [5, 5.41) is 9.47. The summed E-state index contributed by atoms with van der Waals surface area (Å²) in [6, 6.07) is 9.64. The summed E-state index contributed by atoms with van der Waals surface area (Å²) >= 11 is 0. The van der Waals surface area contributed by atoms with Gasteiger partial charge in [-0.2, -0.15) is 13.2 Å². The highest BCUT2D eigenvalue weighted by Crippen LogP contribution is 2.25. The quantitative estimate of drug-likeness (QED) is 0.696. The van der Waals surface area contributed by atoms with Crippen LogP contribution in [0.15, 0.2) is 48.7 Å². The van der Waals surface area contributed by atoms with Gasteiger partial charge in [0.2, 0.25) is 0 Å². The van der Waals surface area contributed by atoms with Gasteiger partial charge >= 0.3 is 12.1 Å². The lowest BCUT2D eigenvalue weighted by Crippen LogP contribution is -2.11. The number of alkyl halides is 3. The molecule has 2 aromatic carbocycles. The number of rotatable bonds is 4. The van der Waals surface area contributed by atoms with E-state index in [4.69, 9.17) is 0 Å². The van der Waals surface area contributed by atoms with Gasteiger partial charge in [-0.25, -0.2) is 9.18 Å². The number of carbonyl (C=O) groups is 1. The Kier molecular flexibility index (Phi) is 4.24. The van der Waals surface area contributed by atoms with Gasteiger partial charge in [0.1, 0.15) is 5.82 Å². The van der Waals surface area contributed by atoms with Crippen LogP contribution in [0.3, 0.4) is 0 Å². The highest BCUT2D eigenvalue weighted by molar-refractivity contribution is 6.02. The van der Waals surface area contributed by atoms with Crippen molar-refractivity contribution in [3.8, 4) is 0 Å². The van der Waals surface area contributed by atoms with Crippen LogP contribution in [0, 0.1) is 5.82 Å². The molecule has 0 aliphatic rings. The van der Waals surface area contributed by atoms with E-state index in [2.05, 4.69) is 0 Å². The SMILES string of the molecule is O=C(O)c1ccc(F)c2ccn(Cc3ccc(CC(F)(F)F)cc3)c12. The first-order valence-corrected chi connectivity index (χ1v) is 7.40. The van der Waals surface area contributed by atoms with E-state index in [-0.39, 0.29) is 28.6 Å². The van der Waals surface area contributed by atoms with Crippen LogP contribution >= 0.6 is 0 Å². The van der Waals surface area contributed by atoms with E-state index in [0.717, 1.165) is 6.07 Å². The molecule has 0 unspecified atom stereocenters. The fourth-order valence-corrected chi connectivity index (χ4v) is 2.79. The molecule has 3 aromatic rings. The zero-order chi connectivity index (χ0) is 18.2. The number of nitrogens with zero attached hydrogens (tertiary/aromatic N) is 1. The minimum absolute atomic E-state index is 0.0323. The van der Waals surface area contributed by atoms with E-state index in [1.165, 1.54) is 24.3 Å². The van der Waals surface area contributed by atoms with Gasteiger partial charge in [-0.15, -0.1) is 0 Å². The number of carboxylic acids is 1. The van der Waals surface area contributed by atoms with Crippen LogP contribution in [0.4, 0.5) is 17.6 Å². The molecular formula is C18H13F4NO2. The van der Waals surface area contributed by atoms with Crippen LogP contribution in [0.5, 0.6) is 0 Å². The van der Waals surface area contributed by atoms with Crippen LogP contribution in [0.2, 0.25) is 0 Å². The fourth-order valence-electron chi connectivity index (χ4n) is 2.79. The predicted molar refractivity (Wildman–Crippen MR) is 84.2 cm³/mol. The zero-order valence-corrected chi connectivity index (χ0v) is 12.8. The maximum atomic E-state index is 13.9. The summed E-state index contributed by atoms with van der Waals surface area (Å²) in [6.45, 7) is 0.222. The van der Waals surface area contributed by atoms with Gasteiger partial charge in [-0.3, -0.25) is 0 Å². The van der Waals surface area contributed by atoms with Crippen LogP contribution in [-0.2, 0) is 13.0 Å². The van der Waals surface area contributed by atoms with Crippen molar-refractivity contribution in [2.24, 2.45) is 0 Å². The van der Waals surface area contributed by atoms with E-state index in [0.29, 0.717) is 5.56 Å². The fraction of sp³-hybridized carbons (Fsp3) is 0.167. The maximum absolute atomic E-state index is 13.9. The smallest absolute Gasteiger partial charge is 0.393 e. The van der Waals surface area contributed by atoms with Crippen molar-refractivity contribution in [1.29, 1.82) is 0 Å². The summed E-state index contributed by atoms with van der Waals surface area (Å²) in [5.74, 6) is -1.70. The molecule has 0 radical (unpaired) electrons. The summed E-state index contributed by atoms with van der Waals surface area (Å²) < 4.78 is 52.6. The molecule has 0 saturated carbocycles. The van der Waals surface area contributed by atoms with Crippen LogP contribution < -0.4 is 0 Å². The molecule has 0 atom stereocenters. The van der Waals surface area contributed by atoms with Gasteiger partial charge in [0.15, 0.2) is 0 Å². The molecule has 0 aliphatic heterocycles. The Morgan fingerprint density at radius 3 is 2.24 bits per heavy atom. The summed E-state index contributed by atoms with van der Waals surface area (Å²) in [5.41, 5.74) is 1.04. The highest BCUT2D eigenvalue weighted by Gasteiger charge is 2.27. The lowest BCUT2D eigenvalue weighted by molar-refractivity contribution is -0.127. The van der Waals surface area contributed by atoms with Crippen molar-refractivity contribution in [2.75, 3.05) is 0 Å². The summed E-state index contributed by atoms with van der Waals surface area (Å²) in [6.07, 6.45) is -3.72.